The Labute approximate surface area is 130 Å². The average Bonchev–Trinajstić information content (AvgIpc) is 2.72. The molecule has 1 aliphatic carbocycles. The molecule has 0 radical (unpaired) electrons. The van der Waals surface area contributed by atoms with Gasteiger partial charge in [-0.25, -0.2) is 0 Å². The summed E-state index contributed by atoms with van der Waals surface area (Å²) in [7, 11) is 0. The monoisotopic (exact) mass is 294 g/mol. The van der Waals surface area contributed by atoms with Gasteiger partial charge in [0.15, 0.2) is 0 Å². The molecule has 0 spiro atoms. The summed E-state index contributed by atoms with van der Waals surface area (Å²) in [6.45, 7) is 9.11. The van der Waals surface area contributed by atoms with Crippen LogP contribution in [0.25, 0.3) is 0 Å². The van der Waals surface area contributed by atoms with Gasteiger partial charge in [0.05, 0.1) is 12.2 Å². The van der Waals surface area contributed by atoms with Gasteiger partial charge in [0.25, 0.3) is 0 Å². The molecule has 3 nitrogen and oxygen atoms in total. The second-order valence-electron chi connectivity index (χ2n) is 7.48. The molecule has 0 aromatic rings. The third kappa shape index (κ3) is 4.00. The Balaban J connectivity index is 2.08. The van der Waals surface area contributed by atoms with Crippen molar-refractivity contribution in [3.63, 3.8) is 0 Å². The summed E-state index contributed by atoms with van der Waals surface area (Å²) in [5.74, 6) is 1.89. The number of hydrogen-bond acceptors (Lipinski definition) is 2. The van der Waals surface area contributed by atoms with E-state index < -0.39 is 0 Å². The Morgan fingerprint density at radius 2 is 1.71 bits per heavy atom. The second-order valence-corrected chi connectivity index (χ2v) is 7.48. The van der Waals surface area contributed by atoms with E-state index in [1.54, 1.807) is 0 Å². The molecule has 1 N–H and O–H groups in total. The fourth-order valence-corrected chi connectivity index (χ4v) is 4.39. The lowest BCUT2D eigenvalue weighted by molar-refractivity contribution is -0.133. The quantitative estimate of drug-likeness (QED) is 0.805. The first kappa shape index (κ1) is 16.8. The van der Waals surface area contributed by atoms with Crippen molar-refractivity contribution in [3.05, 3.63) is 0 Å². The van der Waals surface area contributed by atoms with Gasteiger partial charge in [-0.05, 0) is 43.9 Å². The molecule has 0 aromatic carbocycles. The number of carbonyl (C=O) groups is 1. The van der Waals surface area contributed by atoms with Crippen LogP contribution in [0.2, 0.25) is 0 Å². The molecular weight excluding hydrogens is 260 g/mol. The van der Waals surface area contributed by atoms with Gasteiger partial charge < -0.3 is 4.90 Å². The molecule has 21 heavy (non-hydrogen) atoms. The molecule has 1 saturated heterocycles. The third-order valence-corrected chi connectivity index (χ3v) is 5.24. The smallest absolute Gasteiger partial charge is 0.241 e. The number of nitrogens with one attached hydrogen (secondary N) is 1. The second kappa shape index (κ2) is 7.62. The Kier molecular flexibility index (Phi) is 6.09. The minimum Gasteiger partial charge on any atom is -0.323 e. The van der Waals surface area contributed by atoms with Crippen LogP contribution in [0.3, 0.4) is 0 Å². The maximum absolute atomic E-state index is 12.9. The number of amides is 1. The van der Waals surface area contributed by atoms with Crippen molar-refractivity contribution in [1.29, 1.82) is 0 Å². The fourth-order valence-electron chi connectivity index (χ4n) is 4.39. The van der Waals surface area contributed by atoms with Gasteiger partial charge in [-0.1, -0.05) is 47.0 Å². The molecule has 4 unspecified atom stereocenters. The SMILES string of the molecule is CCCCC1NC(CCC)N(C2CC(C)CC(C)C2)C1=O. The molecule has 1 heterocycles. The van der Waals surface area contributed by atoms with Crippen LogP contribution in [0.5, 0.6) is 0 Å². The third-order valence-electron chi connectivity index (χ3n) is 5.24. The first-order valence-electron chi connectivity index (χ1n) is 9.15. The van der Waals surface area contributed by atoms with Gasteiger partial charge in [0, 0.05) is 6.04 Å². The van der Waals surface area contributed by atoms with Crippen molar-refractivity contribution in [2.45, 2.75) is 97.3 Å². The van der Waals surface area contributed by atoms with Crippen molar-refractivity contribution in [2.75, 3.05) is 0 Å². The molecule has 3 heteroatoms. The predicted molar refractivity (Wildman–Crippen MR) is 88.0 cm³/mol. The summed E-state index contributed by atoms with van der Waals surface area (Å²) in [6, 6.07) is 0.543. The van der Waals surface area contributed by atoms with Crippen molar-refractivity contribution >= 4 is 5.91 Å². The van der Waals surface area contributed by atoms with E-state index in [0.29, 0.717) is 11.9 Å². The first-order chi connectivity index (χ1) is 10.1. The lowest BCUT2D eigenvalue weighted by atomic mass is 9.79. The van der Waals surface area contributed by atoms with E-state index in [9.17, 15) is 4.79 Å². The van der Waals surface area contributed by atoms with E-state index in [2.05, 4.69) is 37.9 Å². The zero-order valence-corrected chi connectivity index (χ0v) is 14.4. The van der Waals surface area contributed by atoms with E-state index in [1.807, 2.05) is 0 Å². The summed E-state index contributed by atoms with van der Waals surface area (Å²) in [6.07, 6.45) is 9.54. The molecule has 0 aromatic heterocycles. The molecule has 0 bridgehead atoms. The number of hydrogen-bond donors (Lipinski definition) is 1. The Hall–Kier alpha value is -0.570. The minimum absolute atomic E-state index is 0.0778. The zero-order chi connectivity index (χ0) is 15.4. The topological polar surface area (TPSA) is 32.3 Å². The van der Waals surface area contributed by atoms with E-state index in [4.69, 9.17) is 0 Å². The van der Waals surface area contributed by atoms with Crippen molar-refractivity contribution in [1.82, 2.24) is 10.2 Å². The summed E-state index contributed by atoms with van der Waals surface area (Å²) in [5.41, 5.74) is 0. The molecule has 1 amide bonds. The van der Waals surface area contributed by atoms with E-state index >= 15 is 0 Å². The zero-order valence-electron chi connectivity index (χ0n) is 14.4. The van der Waals surface area contributed by atoms with Crippen molar-refractivity contribution < 1.29 is 4.79 Å². The largest absolute Gasteiger partial charge is 0.323 e. The van der Waals surface area contributed by atoms with Gasteiger partial charge in [0.2, 0.25) is 5.91 Å². The summed E-state index contributed by atoms with van der Waals surface area (Å²) in [5, 5.41) is 3.63. The van der Waals surface area contributed by atoms with Gasteiger partial charge in [0.1, 0.15) is 0 Å². The minimum atomic E-state index is 0.0778. The highest BCUT2D eigenvalue weighted by atomic mass is 16.2. The van der Waals surface area contributed by atoms with Crippen LogP contribution in [-0.2, 0) is 4.79 Å². The molecule has 4 atom stereocenters. The van der Waals surface area contributed by atoms with Crippen LogP contribution in [0.4, 0.5) is 0 Å². The van der Waals surface area contributed by atoms with Crippen LogP contribution < -0.4 is 5.32 Å². The summed E-state index contributed by atoms with van der Waals surface area (Å²) in [4.78, 5) is 15.1. The number of carbonyl (C=O) groups excluding carboxylic acids is 1. The van der Waals surface area contributed by atoms with Crippen LogP contribution in [0.1, 0.15) is 79.1 Å². The average molecular weight is 294 g/mol. The molecule has 2 fully saturated rings. The van der Waals surface area contributed by atoms with Crippen molar-refractivity contribution in [3.8, 4) is 0 Å². The first-order valence-corrected chi connectivity index (χ1v) is 9.15. The highest BCUT2D eigenvalue weighted by Gasteiger charge is 2.43. The Morgan fingerprint density at radius 3 is 2.29 bits per heavy atom. The van der Waals surface area contributed by atoms with E-state index in [0.717, 1.165) is 37.5 Å². The highest BCUT2D eigenvalue weighted by molar-refractivity contribution is 5.84. The van der Waals surface area contributed by atoms with Gasteiger partial charge in [-0.2, -0.15) is 0 Å². The summed E-state index contributed by atoms with van der Waals surface area (Å²) < 4.78 is 0. The van der Waals surface area contributed by atoms with Gasteiger partial charge in [-0.3, -0.25) is 10.1 Å². The van der Waals surface area contributed by atoms with Crippen LogP contribution in [0, 0.1) is 11.8 Å². The lowest BCUT2D eigenvalue weighted by Crippen LogP contribution is -2.47. The van der Waals surface area contributed by atoms with E-state index in [-0.39, 0.29) is 12.2 Å². The molecular formula is C18H34N2O. The molecule has 2 rings (SSSR count). The molecule has 1 aliphatic heterocycles. The normalized spacial score (nSPS) is 37.2. The Bertz CT molecular complexity index is 334. The predicted octanol–water partition coefficient (Wildman–Crippen LogP) is 3.93. The Morgan fingerprint density at radius 1 is 1.05 bits per heavy atom. The lowest BCUT2D eigenvalue weighted by Gasteiger charge is -2.39. The number of unbranched alkanes of at least 4 members (excludes halogenated alkanes) is 1. The highest BCUT2D eigenvalue weighted by Crippen LogP contribution is 2.34. The standard InChI is InChI=1S/C18H34N2O/c1-5-7-9-16-18(21)20(17(19-16)8-6-2)15-11-13(3)10-14(4)12-15/h13-17,19H,5-12H2,1-4H3. The molecule has 122 valence electrons. The van der Waals surface area contributed by atoms with E-state index in [1.165, 1.54) is 25.7 Å². The van der Waals surface area contributed by atoms with Gasteiger partial charge in [-0.15, -0.1) is 0 Å². The van der Waals surface area contributed by atoms with Gasteiger partial charge >= 0.3 is 0 Å². The van der Waals surface area contributed by atoms with Crippen LogP contribution in [-0.4, -0.2) is 29.1 Å². The number of rotatable bonds is 6. The van der Waals surface area contributed by atoms with Crippen LogP contribution >= 0.6 is 0 Å². The molecule has 1 saturated carbocycles. The maximum atomic E-state index is 12.9. The summed E-state index contributed by atoms with van der Waals surface area (Å²) >= 11 is 0. The maximum Gasteiger partial charge on any atom is 0.241 e. The molecule has 2 aliphatic rings. The van der Waals surface area contributed by atoms with Crippen LogP contribution in [0.15, 0.2) is 0 Å². The fraction of sp³-hybridized carbons (Fsp3) is 0.944. The number of nitrogens with zero attached hydrogens (tertiary/aromatic N) is 1. The van der Waals surface area contributed by atoms with Crippen molar-refractivity contribution in [2.24, 2.45) is 11.8 Å².